The number of carbonyl (C=O) groups excluding carboxylic acids is 1. The molecule has 0 aliphatic rings. The molecule has 0 saturated heterocycles. The van der Waals surface area contributed by atoms with E-state index in [1.807, 2.05) is 25.1 Å². The Morgan fingerprint density at radius 2 is 2.24 bits per heavy atom. The van der Waals surface area contributed by atoms with Crippen molar-refractivity contribution in [1.82, 2.24) is 0 Å². The monoisotopic (exact) mass is 249 g/mol. The van der Waals surface area contributed by atoms with E-state index in [0.29, 0.717) is 23.7 Å². The van der Waals surface area contributed by atoms with Gasteiger partial charge in [0.05, 0.1) is 24.0 Å². The second-order valence-corrected chi connectivity index (χ2v) is 4.47. The van der Waals surface area contributed by atoms with Gasteiger partial charge in [-0.2, -0.15) is 5.26 Å². The van der Waals surface area contributed by atoms with Crippen LogP contribution in [0.3, 0.4) is 0 Å². The van der Waals surface area contributed by atoms with Crippen molar-refractivity contribution >= 4 is 17.7 Å². The first-order valence-corrected chi connectivity index (χ1v) is 6.64. The molecule has 4 heteroatoms. The Kier molecular flexibility index (Phi) is 6.19. The highest BCUT2D eigenvalue weighted by molar-refractivity contribution is 7.99. The molecule has 3 nitrogen and oxygen atoms in total. The third kappa shape index (κ3) is 4.92. The third-order valence-corrected chi connectivity index (χ3v) is 3.04. The van der Waals surface area contributed by atoms with Crippen molar-refractivity contribution < 1.29 is 9.53 Å². The molecule has 0 radical (unpaired) electrons. The maximum absolute atomic E-state index is 11.2. The lowest BCUT2D eigenvalue weighted by molar-refractivity contribution is -0.140. The molecule has 17 heavy (non-hydrogen) atoms. The number of benzene rings is 1. The van der Waals surface area contributed by atoms with Crippen molar-refractivity contribution in [3.05, 3.63) is 35.4 Å². The minimum Gasteiger partial charge on any atom is -0.465 e. The number of nitriles is 1. The van der Waals surface area contributed by atoms with Gasteiger partial charge in [-0.05, 0) is 18.1 Å². The van der Waals surface area contributed by atoms with Gasteiger partial charge in [0.1, 0.15) is 0 Å². The van der Waals surface area contributed by atoms with E-state index >= 15 is 0 Å². The molecule has 0 amide bonds. The first-order valence-electron chi connectivity index (χ1n) is 5.49. The zero-order valence-corrected chi connectivity index (χ0v) is 10.6. The van der Waals surface area contributed by atoms with Gasteiger partial charge in [0, 0.05) is 5.75 Å². The van der Waals surface area contributed by atoms with Gasteiger partial charge in [-0.25, -0.2) is 0 Å². The predicted octanol–water partition coefficient (Wildman–Crippen LogP) is 2.74. The van der Waals surface area contributed by atoms with Crippen molar-refractivity contribution in [2.24, 2.45) is 0 Å². The SMILES string of the molecule is CCCOC(=O)CSCc1ccccc1C#N. The Balaban J connectivity index is 2.36. The van der Waals surface area contributed by atoms with Crippen LogP contribution in [0.5, 0.6) is 0 Å². The molecular weight excluding hydrogens is 234 g/mol. The zero-order valence-electron chi connectivity index (χ0n) is 9.81. The summed E-state index contributed by atoms with van der Waals surface area (Å²) >= 11 is 1.47. The second-order valence-electron chi connectivity index (χ2n) is 3.48. The predicted molar refractivity (Wildman–Crippen MR) is 68.6 cm³/mol. The molecule has 90 valence electrons. The number of ether oxygens (including phenoxy) is 1. The normalized spacial score (nSPS) is 9.65. The number of thioether (sulfide) groups is 1. The standard InChI is InChI=1S/C13H15NO2S/c1-2-7-16-13(15)10-17-9-12-6-4-3-5-11(12)8-14/h3-6H,2,7,9-10H2,1H3. The summed E-state index contributed by atoms with van der Waals surface area (Å²) in [5, 5.41) is 8.89. The molecule has 1 rings (SSSR count). The Bertz CT molecular complexity index is 412. The molecule has 1 aromatic carbocycles. The van der Waals surface area contributed by atoms with E-state index in [4.69, 9.17) is 10.00 Å². The van der Waals surface area contributed by atoms with Crippen LogP contribution in [0.4, 0.5) is 0 Å². The average molecular weight is 249 g/mol. The largest absolute Gasteiger partial charge is 0.465 e. The molecular formula is C13H15NO2S. The van der Waals surface area contributed by atoms with Crippen LogP contribution in [0.2, 0.25) is 0 Å². The Morgan fingerprint density at radius 1 is 1.47 bits per heavy atom. The van der Waals surface area contributed by atoms with Gasteiger partial charge < -0.3 is 4.74 Å². The Labute approximate surface area is 106 Å². The van der Waals surface area contributed by atoms with E-state index in [0.717, 1.165) is 12.0 Å². The fourth-order valence-corrected chi connectivity index (χ4v) is 2.08. The molecule has 0 aromatic heterocycles. The number of hydrogen-bond donors (Lipinski definition) is 0. The maximum Gasteiger partial charge on any atom is 0.315 e. The fraction of sp³-hybridized carbons (Fsp3) is 0.385. The van der Waals surface area contributed by atoms with Crippen LogP contribution < -0.4 is 0 Å². The summed E-state index contributed by atoms with van der Waals surface area (Å²) < 4.78 is 4.96. The van der Waals surface area contributed by atoms with E-state index in [2.05, 4.69) is 6.07 Å². The smallest absolute Gasteiger partial charge is 0.315 e. The van der Waals surface area contributed by atoms with E-state index in [9.17, 15) is 4.79 Å². The molecule has 0 spiro atoms. The highest BCUT2D eigenvalue weighted by Gasteiger charge is 2.05. The molecule has 0 heterocycles. The molecule has 0 aliphatic carbocycles. The third-order valence-electron chi connectivity index (χ3n) is 2.08. The topological polar surface area (TPSA) is 50.1 Å². The summed E-state index contributed by atoms with van der Waals surface area (Å²) in [5.74, 6) is 0.802. The average Bonchev–Trinajstić information content (AvgIpc) is 2.37. The number of nitrogens with zero attached hydrogens (tertiary/aromatic N) is 1. The summed E-state index contributed by atoms with van der Waals surface area (Å²) in [6.07, 6.45) is 0.841. The molecule has 0 fully saturated rings. The van der Waals surface area contributed by atoms with Crippen molar-refractivity contribution in [2.45, 2.75) is 19.1 Å². The number of rotatable bonds is 6. The van der Waals surface area contributed by atoms with E-state index in [1.54, 1.807) is 6.07 Å². The van der Waals surface area contributed by atoms with Crippen LogP contribution in [-0.2, 0) is 15.3 Å². The van der Waals surface area contributed by atoms with Gasteiger partial charge in [-0.3, -0.25) is 4.79 Å². The highest BCUT2D eigenvalue weighted by atomic mass is 32.2. The molecule has 1 aromatic rings. The zero-order chi connectivity index (χ0) is 12.5. The summed E-state index contributed by atoms with van der Waals surface area (Å²) in [6.45, 7) is 2.44. The van der Waals surface area contributed by atoms with Crippen molar-refractivity contribution in [1.29, 1.82) is 5.26 Å². The van der Waals surface area contributed by atoms with E-state index in [-0.39, 0.29) is 5.97 Å². The summed E-state index contributed by atoms with van der Waals surface area (Å²) in [6, 6.07) is 9.56. The van der Waals surface area contributed by atoms with E-state index in [1.165, 1.54) is 11.8 Å². The van der Waals surface area contributed by atoms with Crippen LogP contribution in [0, 0.1) is 11.3 Å². The lowest BCUT2D eigenvalue weighted by Crippen LogP contribution is -2.08. The Morgan fingerprint density at radius 3 is 2.94 bits per heavy atom. The van der Waals surface area contributed by atoms with Crippen LogP contribution in [0.1, 0.15) is 24.5 Å². The van der Waals surface area contributed by atoms with E-state index < -0.39 is 0 Å². The van der Waals surface area contributed by atoms with Gasteiger partial charge in [-0.15, -0.1) is 11.8 Å². The van der Waals surface area contributed by atoms with Crippen LogP contribution in [0.15, 0.2) is 24.3 Å². The second kappa shape index (κ2) is 7.75. The lowest BCUT2D eigenvalue weighted by Gasteiger charge is -2.04. The van der Waals surface area contributed by atoms with Crippen molar-refractivity contribution in [2.75, 3.05) is 12.4 Å². The van der Waals surface area contributed by atoms with Crippen LogP contribution in [0.25, 0.3) is 0 Å². The van der Waals surface area contributed by atoms with Gasteiger partial charge in [0.15, 0.2) is 0 Å². The molecule has 0 bridgehead atoms. The number of carbonyl (C=O) groups is 1. The summed E-state index contributed by atoms with van der Waals surface area (Å²) in [7, 11) is 0. The molecule has 0 unspecified atom stereocenters. The van der Waals surface area contributed by atoms with Crippen molar-refractivity contribution in [3.63, 3.8) is 0 Å². The summed E-state index contributed by atoms with van der Waals surface area (Å²) in [4.78, 5) is 11.2. The van der Waals surface area contributed by atoms with Gasteiger partial charge in [0.25, 0.3) is 0 Å². The van der Waals surface area contributed by atoms with Gasteiger partial charge in [-0.1, -0.05) is 25.1 Å². The number of hydrogen-bond acceptors (Lipinski definition) is 4. The maximum atomic E-state index is 11.2. The van der Waals surface area contributed by atoms with Crippen molar-refractivity contribution in [3.8, 4) is 6.07 Å². The number of esters is 1. The van der Waals surface area contributed by atoms with Gasteiger partial charge >= 0.3 is 5.97 Å². The lowest BCUT2D eigenvalue weighted by atomic mass is 10.1. The molecule has 0 N–H and O–H groups in total. The fourth-order valence-electron chi connectivity index (χ4n) is 1.26. The minimum atomic E-state index is -0.189. The first-order chi connectivity index (χ1) is 8.27. The quantitative estimate of drug-likeness (QED) is 0.727. The van der Waals surface area contributed by atoms with Crippen LogP contribution >= 0.6 is 11.8 Å². The Hall–Kier alpha value is -1.47. The summed E-state index contributed by atoms with van der Waals surface area (Å²) in [5.41, 5.74) is 1.63. The minimum absolute atomic E-state index is 0.189. The van der Waals surface area contributed by atoms with Crippen LogP contribution in [-0.4, -0.2) is 18.3 Å². The first kappa shape index (κ1) is 13.6. The van der Waals surface area contributed by atoms with Gasteiger partial charge in [0.2, 0.25) is 0 Å². The molecule has 0 atom stereocenters. The molecule has 0 aliphatic heterocycles. The highest BCUT2D eigenvalue weighted by Crippen LogP contribution is 2.16. The molecule has 0 saturated carbocycles.